The van der Waals surface area contributed by atoms with Gasteiger partial charge in [0.2, 0.25) is 0 Å². The molecule has 1 atom stereocenters. The Balaban J connectivity index is 2.47. The van der Waals surface area contributed by atoms with Gasteiger partial charge in [-0.15, -0.1) is 0 Å². The Morgan fingerprint density at radius 1 is 1.12 bits per heavy atom. The van der Waals surface area contributed by atoms with Crippen molar-refractivity contribution in [1.82, 2.24) is 4.98 Å². The van der Waals surface area contributed by atoms with Gasteiger partial charge in [-0.25, -0.2) is 0 Å². The van der Waals surface area contributed by atoms with Crippen molar-refractivity contribution in [2.45, 2.75) is 32.8 Å². The van der Waals surface area contributed by atoms with Gasteiger partial charge in [0.15, 0.2) is 0 Å². The molecule has 2 aromatic rings. The number of hydrogen-bond donors (Lipinski definition) is 1. The molecule has 0 aliphatic rings. The summed E-state index contributed by atoms with van der Waals surface area (Å²) in [6, 6.07) is 10.1. The molecule has 1 unspecified atom stereocenters. The van der Waals surface area contributed by atoms with Crippen LogP contribution in [-0.2, 0) is 0 Å². The molecule has 2 heteroatoms. The first-order chi connectivity index (χ1) is 8.27. The minimum absolute atomic E-state index is 0.285. The summed E-state index contributed by atoms with van der Waals surface area (Å²) in [5, 5.41) is 12.6. The van der Waals surface area contributed by atoms with Crippen LogP contribution < -0.4 is 0 Å². The molecule has 90 valence electrons. The van der Waals surface area contributed by atoms with Gasteiger partial charge >= 0.3 is 0 Å². The molecule has 2 nitrogen and oxygen atoms in total. The van der Waals surface area contributed by atoms with Crippen molar-refractivity contribution in [3.05, 3.63) is 42.2 Å². The van der Waals surface area contributed by atoms with Crippen LogP contribution in [0.5, 0.6) is 0 Å². The number of fused-ring (bicyclic) bond motifs is 1. The number of pyridine rings is 1. The highest BCUT2D eigenvalue weighted by atomic mass is 16.3. The van der Waals surface area contributed by atoms with E-state index in [1.165, 1.54) is 0 Å². The SMILES string of the molecule is CCC(CC)C(O)c1nccc2ccccc12. The van der Waals surface area contributed by atoms with Gasteiger partial charge in [-0.1, -0.05) is 51.0 Å². The predicted octanol–water partition coefficient (Wildman–Crippen LogP) is 3.70. The molecule has 0 fully saturated rings. The van der Waals surface area contributed by atoms with Crippen molar-refractivity contribution in [3.8, 4) is 0 Å². The maximum absolute atomic E-state index is 10.4. The summed E-state index contributed by atoms with van der Waals surface area (Å²) in [6.45, 7) is 4.23. The van der Waals surface area contributed by atoms with E-state index in [1.54, 1.807) is 6.20 Å². The van der Waals surface area contributed by atoms with Gasteiger partial charge in [-0.3, -0.25) is 4.98 Å². The number of rotatable bonds is 4. The van der Waals surface area contributed by atoms with Crippen LogP contribution in [0.25, 0.3) is 10.8 Å². The lowest BCUT2D eigenvalue weighted by Crippen LogP contribution is -2.12. The van der Waals surface area contributed by atoms with Crippen molar-refractivity contribution >= 4 is 10.8 Å². The van der Waals surface area contributed by atoms with E-state index in [9.17, 15) is 5.11 Å². The zero-order chi connectivity index (χ0) is 12.3. The van der Waals surface area contributed by atoms with Gasteiger partial charge < -0.3 is 5.11 Å². The molecule has 0 aliphatic heterocycles. The molecule has 2 rings (SSSR count). The van der Waals surface area contributed by atoms with Crippen molar-refractivity contribution < 1.29 is 5.11 Å². The van der Waals surface area contributed by atoms with Crippen LogP contribution in [-0.4, -0.2) is 10.1 Å². The fourth-order valence-electron chi connectivity index (χ4n) is 2.34. The highest BCUT2D eigenvalue weighted by Crippen LogP contribution is 2.30. The molecule has 1 aromatic heterocycles. The number of aliphatic hydroxyl groups excluding tert-OH is 1. The van der Waals surface area contributed by atoms with Gasteiger partial charge in [-0.05, 0) is 17.4 Å². The topological polar surface area (TPSA) is 33.1 Å². The van der Waals surface area contributed by atoms with Crippen LogP contribution in [0.1, 0.15) is 38.5 Å². The van der Waals surface area contributed by atoms with E-state index in [-0.39, 0.29) is 5.92 Å². The minimum atomic E-state index is -0.462. The normalized spacial score (nSPS) is 13.2. The number of aromatic nitrogens is 1. The third kappa shape index (κ3) is 2.32. The third-order valence-corrected chi connectivity index (χ3v) is 3.48. The van der Waals surface area contributed by atoms with Gasteiger partial charge in [0.1, 0.15) is 0 Å². The Hall–Kier alpha value is -1.41. The van der Waals surface area contributed by atoms with Crippen LogP contribution in [0.3, 0.4) is 0 Å². The molecule has 1 heterocycles. The average molecular weight is 229 g/mol. The molecule has 0 bridgehead atoms. The Bertz CT molecular complexity index is 486. The molecule has 0 radical (unpaired) electrons. The van der Waals surface area contributed by atoms with E-state index in [0.717, 1.165) is 29.3 Å². The van der Waals surface area contributed by atoms with E-state index >= 15 is 0 Å². The lowest BCUT2D eigenvalue weighted by Gasteiger charge is -2.20. The Kier molecular flexibility index (Phi) is 3.75. The Labute approximate surface area is 102 Å². The smallest absolute Gasteiger partial charge is 0.0993 e. The molecule has 1 N–H and O–H groups in total. The van der Waals surface area contributed by atoms with Crippen molar-refractivity contribution in [2.24, 2.45) is 5.92 Å². The molecular weight excluding hydrogens is 210 g/mol. The van der Waals surface area contributed by atoms with Crippen LogP contribution in [0.2, 0.25) is 0 Å². The molecule has 0 amide bonds. The summed E-state index contributed by atoms with van der Waals surface area (Å²) < 4.78 is 0. The number of aliphatic hydroxyl groups is 1. The lowest BCUT2D eigenvalue weighted by atomic mass is 9.92. The van der Waals surface area contributed by atoms with Crippen LogP contribution in [0.4, 0.5) is 0 Å². The Morgan fingerprint density at radius 2 is 1.82 bits per heavy atom. The van der Waals surface area contributed by atoms with Gasteiger partial charge in [0, 0.05) is 11.6 Å². The average Bonchev–Trinajstić information content (AvgIpc) is 2.39. The molecular formula is C15H19NO. The zero-order valence-corrected chi connectivity index (χ0v) is 10.4. The Morgan fingerprint density at radius 3 is 2.53 bits per heavy atom. The van der Waals surface area contributed by atoms with Crippen LogP contribution >= 0.6 is 0 Å². The van der Waals surface area contributed by atoms with Crippen LogP contribution in [0.15, 0.2) is 36.5 Å². The summed E-state index contributed by atoms with van der Waals surface area (Å²) >= 11 is 0. The summed E-state index contributed by atoms with van der Waals surface area (Å²) in [5.74, 6) is 0.285. The van der Waals surface area contributed by atoms with Crippen molar-refractivity contribution in [3.63, 3.8) is 0 Å². The maximum Gasteiger partial charge on any atom is 0.0993 e. The monoisotopic (exact) mass is 229 g/mol. The third-order valence-electron chi connectivity index (χ3n) is 3.48. The quantitative estimate of drug-likeness (QED) is 0.867. The van der Waals surface area contributed by atoms with Gasteiger partial charge in [0.05, 0.1) is 11.8 Å². The molecule has 0 saturated heterocycles. The lowest BCUT2D eigenvalue weighted by molar-refractivity contribution is 0.101. The number of nitrogens with zero attached hydrogens (tertiary/aromatic N) is 1. The summed E-state index contributed by atoms with van der Waals surface area (Å²) in [6.07, 6.45) is 3.27. The highest BCUT2D eigenvalue weighted by molar-refractivity contribution is 5.84. The molecule has 0 spiro atoms. The largest absolute Gasteiger partial charge is 0.386 e. The van der Waals surface area contributed by atoms with E-state index in [0.29, 0.717) is 0 Å². The second kappa shape index (κ2) is 5.28. The van der Waals surface area contributed by atoms with Gasteiger partial charge in [0.25, 0.3) is 0 Å². The summed E-state index contributed by atoms with van der Waals surface area (Å²) in [5.41, 5.74) is 0.816. The summed E-state index contributed by atoms with van der Waals surface area (Å²) in [7, 11) is 0. The standard InChI is InChI=1S/C15H19NO/c1-3-11(4-2)15(17)14-13-8-6-5-7-12(13)9-10-16-14/h5-11,15,17H,3-4H2,1-2H3. The van der Waals surface area contributed by atoms with Crippen molar-refractivity contribution in [1.29, 1.82) is 0 Å². The van der Waals surface area contributed by atoms with E-state index in [1.807, 2.05) is 24.3 Å². The number of hydrogen-bond acceptors (Lipinski definition) is 2. The van der Waals surface area contributed by atoms with Gasteiger partial charge in [-0.2, -0.15) is 0 Å². The minimum Gasteiger partial charge on any atom is -0.386 e. The first-order valence-corrected chi connectivity index (χ1v) is 6.29. The maximum atomic E-state index is 10.4. The van der Waals surface area contributed by atoms with E-state index in [4.69, 9.17) is 0 Å². The zero-order valence-electron chi connectivity index (χ0n) is 10.4. The first kappa shape index (κ1) is 12.1. The van der Waals surface area contributed by atoms with E-state index in [2.05, 4.69) is 24.9 Å². The summed E-state index contributed by atoms with van der Waals surface area (Å²) in [4.78, 5) is 4.37. The molecule has 0 aliphatic carbocycles. The molecule has 17 heavy (non-hydrogen) atoms. The fourth-order valence-corrected chi connectivity index (χ4v) is 2.34. The molecule has 0 saturated carbocycles. The number of benzene rings is 1. The first-order valence-electron chi connectivity index (χ1n) is 6.29. The highest BCUT2D eigenvalue weighted by Gasteiger charge is 2.20. The fraction of sp³-hybridized carbons (Fsp3) is 0.400. The predicted molar refractivity (Wildman–Crippen MR) is 70.8 cm³/mol. The van der Waals surface area contributed by atoms with Crippen molar-refractivity contribution in [2.75, 3.05) is 0 Å². The second-order valence-corrected chi connectivity index (χ2v) is 4.44. The van der Waals surface area contributed by atoms with Crippen LogP contribution in [0, 0.1) is 5.92 Å². The second-order valence-electron chi connectivity index (χ2n) is 4.44. The molecule has 1 aromatic carbocycles. The van der Waals surface area contributed by atoms with E-state index < -0.39 is 6.10 Å².